The van der Waals surface area contributed by atoms with E-state index in [4.69, 9.17) is 5.10 Å². The standard InChI is InChI=1S/C18H20N4OS/c1-12-9-14(11-24-12)18(23)22-8-4-5-13(10-22)16-15-6-3-7-19-17(15)21(2)20-16/h3,6-7,9,11,13H,4-5,8,10H2,1-2H3/t13-/m1/s1. The van der Waals surface area contributed by atoms with Gasteiger partial charge in [-0.1, -0.05) is 0 Å². The molecule has 0 unspecified atom stereocenters. The van der Waals surface area contributed by atoms with E-state index in [1.165, 1.54) is 4.88 Å². The molecular formula is C18H20N4OS. The largest absolute Gasteiger partial charge is 0.338 e. The van der Waals surface area contributed by atoms with Gasteiger partial charge in [-0.25, -0.2) is 4.98 Å². The molecule has 0 spiro atoms. The number of likely N-dealkylation sites (tertiary alicyclic amines) is 1. The van der Waals surface area contributed by atoms with E-state index in [1.54, 1.807) is 17.5 Å². The Bertz CT molecular complexity index is 897. The van der Waals surface area contributed by atoms with Crippen LogP contribution in [0, 0.1) is 6.92 Å². The van der Waals surface area contributed by atoms with E-state index in [0.29, 0.717) is 0 Å². The number of aryl methyl sites for hydroxylation is 2. The predicted molar refractivity (Wildman–Crippen MR) is 95.4 cm³/mol. The summed E-state index contributed by atoms with van der Waals surface area (Å²) in [6.07, 6.45) is 3.87. The van der Waals surface area contributed by atoms with Crippen molar-refractivity contribution in [2.24, 2.45) is 7.05 Å². The Morgan fingerprint density at radius 3 is 3.08 bits per heavy atom. The van der Waals surface area contributed by atoms with E-state index in [1.807, 2.05) is 41.1 Å². The van der Waals surface area contributed by atoms with Gasteiger partial charge in [0.05, 0.1) is 11.3 Å². The molecule has 0 saturated carbocycles. The first kappa shape index (κ1) is 15.3. The summed E-state index contributed by atoms with van der Waals surface area (Å²) in [7, 11) is 1.93. The lowest BCUT2D eigenvalue weighted by Crippen LogP contribution is -2.39. The summed E-state index contributed by atoms with van der Waals surface area (Å²) in [6, 6.07) is 6.01. The molecule has 124 valence electrons. The number of amides is 1. The Morgan fingerprint density at radius 2 is 2.29 bits per heavy atom. The third-order valence-corrected chi connectivity index (χ3v) is 5.56. The van der Waals surface area contributed by atoms with Crippen molar-refractivity contribution in [1.29, 1.82) is 0 Å². The number of carbonyl (C=O) groups is 1. The van der Waals surface area contributed by atoms with E-state index in [0.717, 1.165) is 48.2 Å². The molecule has 4 heterocycles. The number of pyridine rings is 1. The first-order chi connectivity index (χ1) is 11.6. The van der Waals surface area contributed by atoms with Crippen LogP contribution in [0.1, 0.15) is 39.7 Å². The highest BCUT2D eigenvalue weighted by atomic mass is 32.1. The van der Waals surface area contributed by atoms with Crippen LogP contribution in [0.3, 0.4) is 0 Å². The second kappa shape index (κ2) is 6.02. The van der Waals surface area contributed by atoms with Gasteiger partial charge < -0.3 is 4.90 Å². The number of rotatable bonds is 2. The maximum absolute atomic E-state index is 12.8. The minimum absolute atomic E-state index is 0.141. The van der Waals surface area contributed by atoms with Gasteiger partial charge in [-0.2, -0.15) is 5.10 Å². The smallest absolute Gasteiger partial charge is 0.254 e. The van der Waals surface area contributed by atoms with Gasteiger partial charge in [-0.3, -0.25) is 9.48 Å². The zero-order valence-corrected chi connectivity index (χ0v) is 14.7. The van der Waals surface area contributed by atoms with Crippen molar-refractivity contribution in [3.8, 4) is 0 Å². The number of hydrogen-bond acceptors (Lipinski definition) is 4. The number of aromatic nitrogens is 3. The minimum atomic E-state index is 0.141. The van der Waals surface area contributed by atoms with Crippen molar-refractivity contribution in [1.82, 2.24) is 19.7 Å². The molecule has 1 atom stereocenters. The summed E-state index contributed by atoms with van der Waals surface area (Å²) in [4.78, 5) is 20.3. The molecule has 0 bridgehead atoms. The van der Waals surface area contributed by atoms with E-state index in [-0.39, 0.29) is 11.8 Å². The van der Waals surface area contributed by atoms with Gasteiger partial charge in [0.2, 0.25) is 0 Å². The van der Waals surface area contributed by atoms with Crippen molar-refractivity contribution >= 4 is 28.3 Å². The van der Waals surface area contributed by atoms with Gasteiger partial charge in [-0.15, -0.1) is 11.3 Å². The van der Waals surface area contributed by atoms with Crippen molar-refractivity contribution in [2.45, 2.75) is 25.7 Å². The summed E-state index contributed by atoms with van der Waals surface area (Å²) in [5.74, 6) is 0.415. The Morgan fingerprint density at radius 1 is 1.42 bits per heavy atom. The molecule has 4 rings (SSSR count). The zero-order chi connectivity index (χ0) is 16.7. The monoisotopic (exact) mass is 340 g/mol. The fourth-order valence-corrected chi connectivity index (χ4v) is 4.22. The van der Waals surface area contributed by atoms with Crippen LogP contribution in [-0.4, -0.2) is 38.7 Å². The van der Waals surface area contributed by atoms with Crippen LogP contribution < -0.4 is 0 Å². The fraction of sp³-hybridized carbons (Fsp3) is 0.389. The average molecular weight is 340 g/mol. The molecule has 3 aromatic heterocycles. The lowest BCUT2D eigenvalue weighted by atomic mass is 9.93. The van der Waals surface area contributed by atoms with E-state index in [2.05, 4.69) is 11.1 Å². The number of piperidine rings is 1. The lowest BCUT2D eigenvalue weighted by Gasteiger charge is -2.32. The van der Waals surface area contributed by atoms with E-state index >= 15 is 0 Å². The SMILES string of the molecule is Cc1cc(C(=O)N2CCC[C@@H](c3nn(C)c4ncccc34)C2)cs1. The molecule has 24 heavy (non-hydrogen) atoms. The maximum atomic E-state index is 12.8. The summed E-state index contributed by atoms with van der Waals surface area (Å²) in [6.45, 7) is 3.59. The van der Waals surface area contributed by atoms with Crippen LogP contribution in [0.25, 0.3) is 11.0 Å². The molecule has 1 aliphatic heterocycles. The van der Waals surface area contributed by atoms with Crippen LogP contribution in [0.4, 0.5) is 0 Å². The molecule has 0 N–H and O–H groups in total. The van der Waals surface area contributed by atoms with Gasteiger partial charge in [0, 0.05) is 47.9 Å². The molecule has 1 saturated heterocycles. The second-order valence-corrected chi connectivity index (χ2v) is 7.54. The number of carbonyl (C=O) groups excluding carboxylic acids is 1. The molecule has 1 aliphatic rings. The molecule has 5 nitrogen and oxygen atoms in total. The molecule has 0 aliphatic carbocycles. The molecule has 0 radical (unpaired) electrons. The van der Waals surface area contributed by atoms with Gasteiger partial charge in [0.15, 0.2) is 5.65 Å². The van der Waals surface area contributed by atoms with Crippen molar-refractivity contribution in [3.05, 3.63) is 45.9 Å². The second-order valence-electron chi connectivity index (χ2n) is 6.42. The fourth-order valence-electron chi connectivity index (χ4n) is 3.54. The van der Waals surface area contributed by atoms with Crippen LogP contribution in [0.2, 0.25) is 0 Å². The number of hydrogen-bond donors (Lipinski definition) is 0. The summed E-state index contributed by atoms with van der Waals surface area (Å²) in [5, 5.41) is 7.76. The van der Waals surface area contributed by atoms with E-state index < -0.39 is 0 Å². The Labute approximate surface area is 144 Å². The van der Waals surface area contributed by atoms with Crippen molar-refractivity contribution < 1.29 is 4.79 Å². The predicted octanol–water partition coefficient (Wildman–Crippen LogP) is 3.36. The molecule has 0 aromatic carbocycles. The van der Waals surface area contributed by atoms with Crippen LogP contribution >= 0.6 is 11.3 Å². The lowest BCUT2D eigenvalue weighted by molar-refractivity contribution is 0.0706. The van der Waals surface area contributed by atoms with Gasteiger partial charge in [0.25, 0.3) is 5.91 Å². The van der Waals surface area contributed by atoms with Gasteiger partial charge in [0.1, 0.15) is 0 Å². The molecule has 3 aromatic rings. The highest BCUT2D eigenvalue weighted by molar-refractivity contribution is 7.10. The Kier molecular flexibility index (Phi) is 3.84. The first-order valence-corrected chi connectivity index (χ1v) is 9.13. The van der Waals surface area contributed by atoms with Crippen LogP contribution in [-0.2, 0) is 7.05 Å². The van der Waals surface area contributed by atoms with Gasteiger partial charge >= 0.3 is 0 Å². The van der Waals surface area contributed by atoms with Crippen molar-refractivity contribution in [2.75, 3.05) is 13.1 Å². The summed E-state index contributed by atoms with van der Waals surface area (Å²) >= 11 is 1.63. The van der Waals surface area contributed by atoms with Crippen molar-refractivity contribution in [3.63, 3.8) is 0 Å². The first-order valence-electron chi connectivity index (χ1n) is 8.25. The highest BCUT2D eigenvalue weighted by Gasteiger charge is 2.28. The molecule has 6 heteroatoms. The van der Waals surface area contributed by atoms with E-state index in [9.17, 15) is 4.79 Å². The maximum Gasteiger partial charge on any atom is 0.254 e. The summed E-state index contributed by atoms with van der Waals surface area (Å²) in [5.41, 5.74) is 2.79. The molecular weight excluding hydrogens is 320 g/mol. The van der Waals surface area contributed by atoms with Crippen LogP contribution in [0.15, 0.2) is 29.8 Å². The zero-order valence-electron chi connectivity index (χ0n) is 13.9. The van der Waals surface area contributed by atoms with Gasteiger partial charge in [-0.05, 0) is 38.0 Å². The third-order valence-electron chi connectivity index (χ3n) is 4.70. The normalized spacial score (nSPS) is 18.2. The number of fused-ring (bicyclic) bond motifs is 1. The molecule has 1 fully saturated rings. The average Bonchev–Trinajstić information content (AvgIpc) is 3.19. The highest BCUT2D eigenvalue weighted by Crippen LogP contribution is 2.31. The molecule has 1 amide bonds. The topological polar surface area (TPSA) is 51.0 Å². The Balaban J connectivity index is 1.61. The minimum Gasteiger partial charge on any atom is -0.338 e. The third kappa shape index (κ3) is 2.60. The number of nitrogens with zero attached hydrogens (tertiary/aromatic N) is 4. The quantitative estimate of drug-likeness (QED) is 0.719. The number of thiophene rings is 1. The Hall–Kier alpha value is -2.21. The summed E-state index contributed by atoms with van der Waals surface area (Å²) < 4.78 is 1.84. The van der Waals surface area contributed by atoms with Crippen LogP contribution in [0.5, 0.6) is 0 Å².